The number of rotatable bonds is 1. The van der Waals surface area contributed by atoms with Crippen molar-refractivity contribution in [3.8, 4) is 0 Å². The third kappa shape index (κ3) is 1.90. The molecule has 0 bridgehead atoms. The van der Waals surface area contributed by atoms with Crippen LogP contribution in [-0.4, -0.2) is 32.5 Å². The number of H-pyrrole nitrogens is 1. The van der Waals surface area contributed by atoms with Gasteiger partial charge in [-0.25, -0.2) is 9.89 Å². The second-order valence-corrected chi connectivity index (χ2v) is 5.24. The number of aromatic nitrogens is 3. The van der Waals surface area contributed by atoms with Gasteiger partial charge >= 0.3 is 5.69 Å². The molecule has 0 aliphatic carbocycles. The molecule has 2 atom stereocenters. The van der Waals surface area contributed by atoms with Crippen LogP contribution in [0.25, 0.3) is 0 Å². The van der Waals surface area contributed by atoms with Crippen molar-refractivity contribution in [2.45, 2.75) is 44.9 Å². The average molecular weight is 226 g/mol. The molecule has 2 rings (SSSR count). The Hall–Kier alpha value is -1.14. The van der Waals surface area contributed by atoms with Crippen LogP contribution >= 0.6 is 0 Å². The summed E-state index contributed by atoms with van der Waals surface area (Å²) < 4.78 is 1.64. The molecule has 2 heterocycles. The summed E-state index contributed by atoms with van der Waals surface area (Å²) in [4.78, 5) is 11.7. The van der Waals surface area contributed by atoms with Gasteiger partial charge in [0, 0.05) is 12.1 Å². The number of hydrogen-bond donors (Lipinski definition) is 3. The van der Waals surface area contributed by atoms with Crippen LogP contribution in [0.15, 0.2) is 4.79 Å². The van der Waals surface area contributed by atoms with E-state index in [-0.39, 0.29) is 23.4 Å². The van der Waals surface area contributed by atoms with Crippen LogP contribution in [0.2, 0.25) is 0 Å². The molecule has 0 radical (unpaired) electrons. The minimum Gasteiger partial charge on any atom is -0.392 e. The quantitative estimate of drug-likeness (QED) is 0.615. The van der Waals surface area contributed by atoms with Crippen LogP contribution in [0.4, 0.5) is 0 Å². The van der Waals surface area contributed by atoms with E-state index in [1.807, 2.05) is 20.8 Å². The largest absolute Gasteiger partial charge is 0.392 e. The van der Waals surface area contributed by atoms with Crippen molar-refractivity contribution in [1.82, 2.24) is 20.1 Å². The van der Waals surface area contributed by atoms with Gasteiger partial charge in [0.15, 0.2) is 5.82 Å². The minimum absolute atomic E-state index is 0.0480. The lowest BCUT2D eigenvalue weighted by Crippen LogP contribution is -2.35. The number of aliphatic hydroxyl groups excluding tert-OH is 1. The molecule has 0 saturated carbocycles. The molecule has 1 aromatic rings. The van der Waals surface area contributed by atoms with Crippen molar-refractivity contribution in [1.29, 1.82) is 0 Å². The van der Waals surface area contributed by atoms with Gasteiger partial charge < -0.3 is 10.4 Å². The van der Waals surface area contributed by atoms with E-state index in [0.29, 0.717) is 18.8 Å². The first-order valence-electron chi connectivity index (χ1n) is 5.49. The van der Waals surface area contributed by atoms with Crippen molar-refractivity contribution in [2.75, 3.05) is 6.54 Å². The zero-order chi connectivity index (χ0) is 11.9. The molecule has 0 amide bonds. The molecule has 90 valence electrons. The Labute approximate surface area is 93.7 Å². The molecule has 3 N–H and O–H groups in total. The lowest BCUT2D eigenvalue weighted by atomic mass is 10.1. The molecule has 0 spiro atoms. The predicted molar refractivity (Wildman–Crippen MR) is 59.2 cm³/mol. The van der Waals surface area contributed by atoms with Crippen LogP contribution in [0.3, 0.4) is 0 Å². The highest BCUT2D eigenvalue weighted by atomic mass is 16.3. The molecule has 1 aliphatic rings. The summed E-state index contributed by atoms with van der Waals surface area (Å²) in [5.41, 5.74) is -0.514. The molecule has 0 unspecified atom stereocenters. The zero-order valence-corrected chi connectivity index (χ0v) is 9.82. The lowest BCUT2D eigenvalue weighted by molar-refractivity contribution is 0.192. The smallest absolute Gasteiger partial charge is 0.343 e. The molecular weight excluding hydrogens is 208 g/mol. The summed E-state index contributed by atoms with van der Waals surface area (Å²) >= 11 is 0. The summed E-state index contributed by atoms with van der Waals surface area (Å²) in [6.45, 7) is 6.42. The normalized spacial score (nSPS) is 26.2. The van der Waals surface area contributed by atoms with Gasteiger partial charge in [-0.15, -0.1) is 0 Å². The highest BCUT2D eigenvalue weighted by molar-refractivity contribution is 5.03. The van der Waals surface area contributed by atoms with Gasteiger partial charge in [0.2, 0.25) is 0 Å². The summed E-state index contributed by atoms with van der Waals surface area (Å²) in [5.74, 6) is 0.675. The summed E-state index contributed by atoms with van der Waals surface area (Å²) in [6.07, 6.45) is 0.241. The molecule has 1 aliphatic heterocycles. The molecule has 1 aromatic heterocycles. The maximum Gasteiger partial charge on any atom is 0.343 e. The number of hydrogen-bond acceptors (Lipinski definition) is 4. The van der Waals surface area contributed by atoms with E-state index in [4.69, 9.17) is 0 Å². The molecule has 6 heteroatoms. The highest BCUT2D eigenvalue weighted by Crippen LogP contribution is 2.24. The summed E-state index contributed by atoms with van der Waals surface area (Å²) in [7, 11) is 0. The van der Waals surface area contributed by atoms with Crippen LogP contribution in [0, 0.1) is 0 Å². The standard InChI is InChI=1S/C10H18N4O2/c1-10(2,3)14-8(12-13-9(14)16)7-4-6(15)5-11-7/h6-7,11,15H,4-5H2,1-3H3,(H,13,16)/t6-,7+/m1/s1. The van der Waals surface area contributed by atoms with Gasteiger partial charge in [-0.1, -0.05) is 0 Å². The Balaban J connectivity index is 2.39. The van der Waals surface area contributed by atoms with Crippen LogP contribution in [-0.2, 0) is 5.54 Å². The van der Waals surface area contributed by atoms with Gasteiger partial charge in [0.05, 0.1) is 12.1 Å². The Morgan fingerprint density at radius 1 is 1.50 bits per heavy atom. The predicted octanol–water partition coefficient (Wildman–Crippen LogP) is -0.278. The van der Waals surface area contributed by atoms with Gasteiger partial charge in [0.1, 0.15) is 0 Å². The third-order valence-electron chi connectivity index (χ3n) is 2.79. The molecule has 0 aromatic carbocycles. The maximum absolute atomic E-state index is 11.7. The van der Waals surface area contributed by atoms with E-state index in [0.717, 1.165) is 0 Å². The number of aromatic amines is 1. The molecule has 1 saturated heterocycles. The molecular formula is C10H18N4O2. The van der Waals surface area contributed by atoms with Crippen molar-refractivity contribution in [2.24, 2.45) is 0 Å². The van der Waals surface area contributed by atoms with E-state index >= 15 is 0 Å². The Kier molecular flexibility index (Phi) is 2.63. The maximum atomic E-state index is 11.7. The zero-order valence-electron chi connectivity index (χ0n) is 9.82. The summed E-state index contributed by atoms with van der Waals surface area (Å²) in [6, 6.07) is -0.0480. The summed E-state index contributed by atoms with van der Waals surface area (Å²) in [5, 5.41) is 19.2. The van der Waals surface area contributed by atoms with Gasteiger partial charge in [0.25, 0.3) is 0 Å². The molecule has 1 fully saturated rings. The van der Waals surface area contributed by atoms with Crippen molar-refractivity contribution in [3.63, 3.8) is 0 Å². The fraction of sp³-hybridized carbons (Fsp3) is 0.800. The number of β-amino-alcohol motifs (C(OH)–C–C–N with tert-alkyl or cyclic N) is 1. The van der Waals surface area contributed by atoms with E-state index in [2.05, 4.69) is 15.5 Å². The minimum atomic E-state index is -0.356. The highest BCUT2D eigenvalue weighted by Gasteiger charge is 2.31. The average Bonchev–Trinajstić information content (AvgIpc) is 2.70. The van der Waals surface area contributed by atoms with Gasteiger partial charge in [-0.05, 0) is 27.2 Å². The fourth-order valence-corrected chi connectivity index (χ4v) is 2.10. The van der Waals surface area contributed by atoms with Crippen LogP contribution in [0.1, 0.15) is 39.1 Å². The molecule has 6 nitrogen and oxygen atoms in total. The second kappa shape index (κ2) is 3.71. The molecule has 16 heavy (non-hydrogen) atoms. The second-order valence-electron chi connectivity index (χ2n) is 5.24. The van der Waals surface area contributed by atoms with E-state index in [9.17, 15) is 9.90 Å². The van der Waals surface area contributed by atoms with Crippen molar-refractivity contribution < 1.29 is 5.11 Å². The number of nitrogens with one attached hydrogen (secondary N) is 2. The number of aliphatic hydroxyl groups is 1. The van der Waals surface area contributed by atoms with Gasteiger partial charge in [-0.2, -0.15) is 5.10 Å². The van der Waals surface area contributed by atoms with E-state index < -0.39 is 0 Å². The lowest BCUT2D eigenvalue weighted by Gasteiger charge is -2.23. The topological polar surface area (TPSA) is 82.9 Å². The Morgan fingerprint density at radius 3 is 2.69 bits per heavy atom. The SMILES string of the molecule is CC(C)(C)n1c([C@@H]2C[C@@H](O)CN2)n[nH]c1=O. The first-order valence-corrected chi connectivity index (χ1v) is 5.49. The van der Waals surface area contributed by atoms with E-state index in [1.54, 1.807) is 4.57 Å². The van der Waals surface area contributed by atoms with Crippen LogP contribution < -0.4 is 11.0 Å². The van der Waals surface area contributed by atoms with Gasteiger partial charge in [-0.3, -0.25) is 4.57 Å². The fourth-order valence-electron chi connectivity index (χ4n) is 2.10. The number of nitrogens with zero attached hydrogens (tertiary/aromatic N) is 2. The Morgan fingerprint density at radius 2 is 2.19 bits per heavy atom. The van der Waals surface area contributed by atoms with Crippen LogP contribution in [0.5, 0.6) is 0 Å². The first-order chi connectivity index (χ1) is 7.39. The first kappa shape index (κ1) is 11.3. The van der Waals surface area contributed by atoms with Crippen molar-refractivity contribution >= 4 is 0 Å². The van der Waals surface area contributed by atoms with Crippen molar-refractivity contribution in [3.05, 3.63) is 16.3 Å². The Bertz CT molecular complexity index is 429. The monoisotopic (exact) mass is 226 g/mol. The third-order valence-corrected chi connectivity index (χ3v) is 2.79. The van der Waals surface area contributed by atoms with E-state index in [1.165, 1.54) is 0 Å².